The third-order valence-electron chi connectivity index (χ3n) is 9.25. The number of halogens is 2. The smallest absolute Gasteiger partial charge is 0.104 e. The summed E-state index contributed by atoms with van der Waals surface area (Å²) in [6.07, 6.45) is 37.6. The van der Waals surface area contributed by atoms with E-state index in [1.165, 1.54) is 186 Å². The molecule has 0 spiro atoms. The highest BCUT2D eigenvalue weighted by Crippen LogP contribution is 2.15. The van der Waals surface area contributed by atoms with Crippen LogP contribution in [0.5, 0.6) is 0 Å². The minimum atomic E-state index is 0. The molecule has 0 atom stereocenters. The number of quaternary nitrogens is 2. The molecule has 0 heterocycles. The van der Waals surface area contributed by atoms with E-state index in [0.717, 1.165) is 15.5 Å². The van der Waals surface area contributed by atoms with Crippen molar-refractivity contribution < 1.29 is 33.8 Å². The van der Waals surface area contributed by atoms with Gasteiger partial charge in [0.2, 0.25) is 0 Å². The molecule has 0 saturated carbocycles. The lowest BCUT2D eigenvalue weighted by molar-refractivity contribution is -0.903. The highest BCUT2D eigenvalue weighted by molar-refractivity contribution is 5.13. The fourth-order valence-corrected chi connectivity index (χ4v) is 6.32. The van der Waals surface area contributed by atoms with E-state index in [0.29, 0.717) is 0 Å². The second-order valence-electron chi connectivity index (χ2n) is 15.8. The largest absolute Gasteiger partial charge is 1.00 e. The van der Waals surface area contributed by atoms with Gasteiger partial charge < -0.3 is 33.8 Å². The Bertz CT molecular complexity index is 687. The predicted octanol–water partition coefficient (Wildman–Crippen LogP) is 7.15. The van der Waals surface area contributed by atoms with Crippen LogP contribution in [0, 0.1) is 0 Å². The molecule has 0 aliphatic carbocycles. The third kappa shape index (κ3) is 39.9. The van der Waals surface area contributed by atoms with Gasteiger partial charge in [-0.3, -0.25) is 0 Å². The van der Waals surface area contributed by atoms with Crippen LogP contribution in [0.2, 0.25) is 0 Å². The maximum atomic E-state index is 2.37. The number of nitrogens with zero attached hydrogens (tertiary/aromatic N) is 2. The average Bonchev–Trinajstić information content (AvgIpc) is 2.98. The second kappa shape index (κ2) is 36.0. The molecular weight excluding hydrogens is 603 g/mol. The molecule has 0 aliphatic heterocycles. The number of rotatable bonds is 30. The summed E-state index contributed by atoms with van der Waals surface area (Å²) in [6.45, 7) is 8.37. The molecule has 2 nitrogen and oxygen atoms in total. The molecule has 0 fully saturated rings. The van der Waals surface area contributed by atoms with Gasteiger partial charge in [-0.25, -0.2) is 0 Å². The first-order valence-corrected chi connectivity index (χ1v) is 19.9. The first-order chi connectivity index (χ1) is 21.2. The van der Waals surface area contributed by atoms with Gasteiger partial charge in [0.25, 0.3) is 0 Å². The summed E-state index contributed by atoms with van der Waals surface area (Å²) in [4.78, 5) is 0. The van der Waals surface area contributed by atoms with Crippen LogP contribution < -0.4 is 24.8 Å². The second-order valence-corrected chi connectivity index (χ2v) is 15.8. The first-order valence-electron chi connectivity index (χ1n) is 19.9. The van der Waals surface area contributed by atoms with E-state index in [-0.39, 0.29) is 24.8 Å². The molecule has 1 aromatic carbocycles. The van der Waals surface area contributed by atoms with Crippen LogP contribution in [0.1, 0.15) is 186 Å². The van der Waals surface area contributed by atoms with Crippen molar-refractivity contribution in [2.75, 3.05) is 48.3 Å². The van der Waals surface area contributed by atoms with E-state index in [4.69, 9.17) is 0 Å². The summed E-state index contributed by atoms with van der Waals surface area (Å²) < 4.78 is 2.24. The molecule has 4 heteroatoms. The third-order valence-corrected chi connectivity index (χ3v) is 9.25. The number of benzene rings is 1. The van der Waals surface area contributed by atoms with Crippen LogP contribution in [-0.4, -0.2) is 57.3 Å². The average molecular weight is 688 g/mol. The van der Waals surface area contributed by atoms with Crippen LogP contribution >= 0.6 is 0 Å². The normalized spacial score (nSPS) is 11.4. The SMILES string of the molecule is CCCCCCCCCCCCCCCC[N+](C)(C)C.CCCCCCCCCCCCCC[N+](C)(C)Cc1ccccc1.[Cl-].[Cl-]. The van der Waals surface area contributed by atoms with E-state index in [1.54, 1.807) is 0 Å². The van der Waals surface area contributed by atoms with Gasteiger partial charge in [-0.15, -0.1) is 0 Å². The predicted molar refractivity (Wildman–Crippen MR) is 201 cm³/mol. The van der Waals surface area contributed by atoms with E-state index >= 15 is 0 Å². The van der Waals surface area contributed by atoms with Gasteiger partial charge in [-0.05, 0) is 25.7 Å². The van der Waals surface area contributed by atoms with Crippen molar-refractivity contribution >= 4 is 0 Å². The van der Waals surface area contributed by atoms with Crippen molar-refractivity contribution in [2.24, 2.45) is 0 Å². The van der Waals surface area contributed by atoms with E-state index in [1.807, 2.05) is 0 Å². The van der Waals surface area contributed by atoms with Crippen molar-refractivity contribution in [2.45, 2.75) is 187 Å². The van der Waals surface area contributed by atoms with Gasteiger partial charge in [-0.1, -0.05) is 185 Å². The fourth-order valence-electron chi connectivity index (χ4n) is 6.32. The Morgan fingerprint density at radius 3 is 0.957 bits per heavy atom. The zero-order chi connectivity index (χ0) is 32.6. The van der Waals surface area contributed by atoms with Crippen molar-refractivity contribution in [3.05, 3.63) is 35.9 Å². The molecule has 46 heavy (non-hydrogen) atoms. The Balaban J connectivity index is -0.000000783. The van der Waals surface area contributed by atoms with Crippen LogP contribution in [0.25, 0.3) is 0 Å². The summed E-state index contributed by atoms with van der Waals surface area (Å²) in [5.41, 5.74) is 1.46. The molecule has 0 unspecified atom stereocenters. The molecule has 0 bridgehead atoms. The topological polar surface area (TPSA) is 0 Å². The quantitative estimate of drug-likeness (QED) is 0.0596. The van der Waals surface area contributed by atoms with Crippen molar-refractivity contribution in [3.63, 3.8) is 0 Å². The Morgan fingerprint density at radius 2 is 0.652 bits per heavy atom. The van der Waals surface area contributed by atoms with Crippen LogP contribution in [0.4, 0.5) is 0 Å². The van der Waals surface area contributed by atoms with Crippen LogP contribution in [0.3, 0.4) is 0 Å². The lowest BCUT2D eigenvalue weighted by Gasteiger charge is -2.30. The number of unbranched alkanes of at least 4 members (excludes halogenated alkanes) is 24. The van der Waals surface area contributed by atoms with Crippen LogP contribution in [-0.2, 0) is 6.54 Å². The molecule has 0 amide bonds. The molecule has 0 N–H and O–H groups in total. The van der Waals surface area contributed by atoms with E-state index in [2.05, 4.69) is 79.4 Å². The molecular formula is C42H84Cl2N2. The molecule has 0 aliphatic rings. The molecule has 0 saturated heterocycles. The molecule has 0 radical (unpaired) electrons. The van der Waals surface area contributed by atoms with Crippen molar-refractivity contribution in [3.8, 4) is 0 Å². The van der Waals surface area contributed by atoms with Crippen molar-refractivity contribution in [1.82, 2.24) is 0 Å². The van der Waals surface area contributed by atoms with Gasteiger partial charge in [0.05, 0.1) is 48.3 Å². The standard InChI is InChI=1S/C23H42N.C19H42N.2ClH/c1-4-5-6-7-8-9-10-11-12-13-14-18-21-24(2,3)22-23-19-16-15-17-20-23;1-5-6-7-8-9-10-11-12-13-14-15-16-17-18-19-20(2,3)4;;/h15-17,19-20H,4-14,18,21-22H2,1-3H3;5-19H2,1-4H3;2*1H/q2*+1;;/p-2. The number of hydrogen-bond acceptors (Lipinski definition) is 0. The summed E-state index contributed by atoms with van der Waals surface area (Å²) in [5, 5.41) is 0. The zero-order valence-corrected chi connectivity index (χ0v) is 34.1. The molecule has 0 aromatic heterocycles. The molecule has 1 aromatic rings. The minimum Gasteiger partial charge on any atom is -1.00 e. The fraction of sp³-hybridized carbons (Fsp3) is 0.857. The van der Waals surface area contributed by atoms with Gasteiger partial charge in [0.15, 0.2) is 0 Å². The summed E-state index contributed by atoms with van der Waals surface area (Å²) in [5.74, 6) is 0. The minimum absolute atomic E-state index is 0. The Morgan fingerprint density at radius 1 is 0.370 bits per heavy atom. The summed E-state index contributed by atoms with van der Waals surface area (Å²) in [6, 6.07) is 10.9. The lowest BCUT2D eigenvalue weighted by atomic mass is 10.0. The Hall–Kier alpha value is -0.280. The van der Waals surface area contributed by atoms with Crippen LogP contribution in [0.15, 0.2) is 30.3 Å². The Labute approximate surface area is 304 Å². The molecule has 276 valence electrons. The number of hydrogen-bond donors (Lipinski definition) is 0. The van der Waals surface area contributed by atoms with Crippen molar-refractivity contribution in [1.29, 1.82) is 0 Å². The summed E-state index contributed by atoms with van der Waals surface area (Å²) >= 11 is 0. The Kier molecular flexibility index (Phi) is 39.2. The maximum Gasteiger partial charge on any atom is 0.104 e. The lowest BCUT2D eigenvalue weighted by Crippen LogP contribution is -3.00. The van der Waals surface area contributed by atoms with Gasteiger partial charge in [0.1, 0.15) is 6.54 Å². The highest BCUT2D eigenvalue weighted by atomic mass is 35.5. The zero-order valence-electron chi connectivity index (χ0n) is 32.5. The van der Waals surface area contributed by atoms with Gasteiger partial charge >= 0.3 is 0 Å². The van der Waals surface area contributed by atoms with Gasteiger partial charge in [0, 0.05) is 5.56 Å². The van der Waals surface area contributed by atoms with E-state index < -0.39 is 0 Å². The van der Waals surface area contributed by atoms with E-state index in [9.17, 15) is 0 Å². The van der Waals surface area contributed by atoms with Gasteiger partial charge in [-0.2, -0.15) is 0 Å². The maximum absolute atomic E-state index is 2.37. The highest BCUT2D eigenvalue weighted by Gasteiger charge is 2.14. The molecule has 1 rings (SSSR count). The first kappa shape index (κ1) is 50.1. The monoisotopic (exact) mass is 687 g/mol. The summed E-state index contributed by atoms with van der Waals surface area (Å²) in [7, 11) is 11.6.